The number of carboxylic acid groups (broad SMARTS) is 1. The van der Waals surface area contributed by atoms with Gasteiger partial charge in [0.25, 0.3) is 5.22 Å². The molecule has 0 atom stereocenters. The van der Waals surface area contributed by atoms with Crippen LogP contribution in [0.25, 0.3) is 17.5 Å². The lowest BCUT2D eigenvalue weighted by atomic mass is 10.1. The van der Waals surface area contributed by atoms with Crippen LogP contribution in [0.5, 0.6) is 11.5 Å². The molecule has 0 saturated heterocycles. The highest BCUT2D eigenvalue weighted by atomic mass is 32.2. The third-order valence-electron chi connectivity index (χ3n) is 3.78. The van der Waals surface area contributed by atoms with Crippen molar-refractivity contribution in [3.63, 3.8) is 0 Å². The highest BCUT2D eigenvalue weighted by molar-refractivity contribution is 8.03. The quantitative estimate of drug-likeness (QED) is 0.443. The number of methoxy groups -OCH3 is 2. The number of aromatic nitrogens is 2. The van der Waals surface area contributed by atoms with Gasteiger partial charge < -0.3 is 23.8 Å². The lowest BCUT2D eigenvalue weighted by molar-refractivity contribution is -0.298. The van der Waals surface area contributed by atoms with Gasteiger partial charge in [-0.1, -0.05) is 29.8 Å². The number of aryl methyl sites for hydroxylation is 1. The van der Waals surface area contributed by atoms with E-state index >= 15 is 0 Å². The second kappa shape index (κ2) is 8.62. The summed E-state index contributed by atoms with van der Waals surface area (Å²) in [6, 6.07) is 12.6. The Bertz CT molecular complexity index is 989. The van der Waals surface area contributed by atoms with Crippen molar-refractivity contribution < 1.29 is 23.8 Å². The fourth-order valence-corrected chi connectivity index (χ4v) is 3.01. The molecule has 1 heterocycles. The first-order valence-corrected chi connectivity index (χ1v) is 9.04. The molecule has 0 radical (unpaired) electrons. The number of aliphatic carboxylic acids is 1. The Kier molecular flexibility index (Phi) is 6.00. The van der Waals surface area contributed by atoms with Gasteiger partial charge in [0.15, 0.2) is 0 Å². The second-order valence-electron chi connectivity index (χ2n) is 5.78. The van der Waals surface area contributed by atoms with Gasteiger partial charge in [0.1, 0.15) is 11.5 Å². The summed E-state index contributed by atoms with van der Waals surface area (Å²) in [5, 5.41) is 19.5. The number of carbonyl (C=O) groups excluding carboxylic acids is 1. The molecule has 0 fully saturated rings. The smallest absolute Gasteiger partial charge is 0.281 e. The van der Waals surface area contributed by atoms with Gasteiger partial charge in [-0.15, -0.1) is 10.2 Å². The molecule has 28 heavy (non-hydrogen) atoms. The van der Waals surface area contributed by atoms with E-state index in [0.29, 0.717) is 17.1 Å². The molecule has 0 bridgehead atoms. The Morgan fingerprint density at radius 3 is 2.29 bits per heavy atom. The van der Waals surface area contributed by atoms with Gasteiger partial charge in [-0.3, -0.25) is 0 Å². The standard InChI is InChI=1S/C20H18N2O5S/c1-12-4-6-13(7-5-12)8-17(19(23)24)28-20-22-21-18(27-20)14-9-15(25-2)11-16(10-14)26-3/h4-11H,1-3H3,(H,23,24)/p-1/b17-8+. The van der Waals surface area contributed by atoms with Crippen molar-refractivity contribution in [1.29, 1.82) is 0 Å². The normalized spacial score (nSPS) is 11.3. The monoisotopic (exact) mass is 397 g/mol. The maximum absolute atomic E-state index is 11.5. The van der Waals surface area contributed by atoms with Gasteiger partial charge in [-0.05, 0) is 42.5 Å². The SMILES string of the molecule is COc1cc(OC)cc(-c2nnc(S/C(=C/c3ccc(C)cc3)C(=O)[O-])o2)c1. The van der Waals surface area contributed by atoms with Gasteiger partial charge in [0.2, 0.25) is 5.89 Å². The summed E-state index contributed by atoms with van der Waals surface area (Å²) in [5.74, 6) is 0.0222. The number of nitrogens with zero attached hydrogens (tertiary/aromatic N) is 2. The molecule has 8 heteroatoms. The Hall–Kier alpha value is -3.26. The van der Waals surface area contributed by atoms with Crippen LogP contribution in [-0.2, 0) is 4.79 Å². The van der Waals surface area contributed by atoms with E-state index < -0.39 is 5.97 Å². The molecule has 0 aliphatic heterocycles. The molecule has 0 unspecified atom stereocenters. The van der Waals surface area contributed by atoms with Crippen LogP contribution in [0, 0.1) is 6.92 Å². The average Bonchev–Trinajstić information content (AvgIpc) is 3.17. The highest BCUT2D eigenvalue weighted by Gasteiger charge is 2.14. The lowest BCUT2D eigenvalue weighted by Crippen LogP contribution is -2.23. The molecule has 0 saturated carbocycles. The third kappa shape index (κ3) is 4.72. The number of rotatable bonds is 7. The number of carbonyl (C=O) groups is 1. The predicted octanol–water partition coefficient (Wildman–Crippen LogP) is 2.95. The fourth-order valence-electron chi connectivity index (χ4n) is 2.34. The van der Waals surface area contributed by atoms with Gasteiger partial charge >= 0.3 is 0 Å². The minimum absolute atomic E-state index is 0.0396. The molecule has 0 spiro atoms. The van der Waals surface area contributed by atoms with E-state index in [-0.39, 0.29) is 16.0 Å². The first kappa shape index (κ1) is 19.5. The molecule has 0 aliphatic rings. The zero-order valence-corrected chi connectivity index (χ0v) is 16.3. The van der Waals surface area contributed by atoms with Crippen molar-refractivity contribution >= 4 is 23.8 Å². The van der Waals surface area contributed by atoms with Crippen molar-refractivity contribution in [2.75, 3.05) is 14.2 Å². The van der Waals surface area contributed by atoms with Crippen LogP contribution in [0.4, 0.5) is 0 Å². The second-order valence-corrected chi connectivity index (χ2v) is 6.78. The Morgan fingerprint density at radius 1 is 1.07 bits per heavy atom. The largest absolute Gasteiger partial charge is 0.544 e. The average molecular weight is 397 g/mol. The molecule has 0 N–H and O–H groups in total. The van der Waals surface area contributed by atoms with Crippen molar-refractivity contribution in [2.24, 2.45) is 0 Å². The molecule has 2 aromatic carbocycles. The fraction of sp³-hybridized carbons (Fsp3) is 0.150. The summed E-state index contributed by atoms with van der Waals surface area (Å²) in [6.07, 6.45) is 1.50. The van der Waals surface area contributed by atoms with Crippen LogP contribution in [0.2, 0.25) is 0 Å². The first-order valence-electron chi connectivity index (χ1n) is 8.23. The van der Waals surface area contributed by atoms with Gasteiger partial charge in [0, 0.05) is 16.5 Å². The zero-order valence-electron chi connectivity index (χ0n) is 15.5. The maximum Gasteiger partial charge on any atom is 0.281 e. The summed E-state index contributed by atoms with van der Waals surface area (Å²) >= 11 is 0.828. The Morgan fingerprint density at radius 2 is 1.71 bits per heavy atom. The number of thioether (sulfide) groups is 1. The van der Waals surface area contributed by atoms with Crippen molar-refractivity contribution in [2.45, 2.75) is 12.1 Å². The molecule has 144 valence electrons. The summed E-state index contributed by atoms with van der Waals surface area (Å²) in [6.45, 7) is 1.95. The summed E-state index contributed by atoms with van der Waals surface area (Å²) in [4.78, 5) is 11.5. The summed E-state index contributed by atoms with van der Waals surface area (Å²) < 4.78 is 16.1. The van der Waals surface area contributed by atoms with Crippen molar-refractivity contribution in [3.05, 3.63) is 58.5 Å². The first-order chi connectivity index (χ1) is 13.5. The van der Waals surface area contributed by atoms with Crippen LogP contribution in [0.3, 0.4) is 0 Å². The molecular weight excluding hydrogens is 380 g/mol. The van der Waals surface area contributed by atoms with E-state index in [2.05, 4.69) is 10.2 Å². The van der Waals surface area contributed by atoms with E-state index in [9.17, 15) is 9.90 Å². The van der Waals surface area contributed by atoms with Crippen molar-refractivity contribution in [3.8, 4) is 23.0 Å². The summed E-state index contributed by atoms with van der Waals surface area (Å²) in [5.41, 5.74) is 2.40. The number of ether oxygens (including phenoxy) is 2. The van der Waals surface area contributed by atoms with E-state index in [1.165, 1.54) is 20.3 Å². The van der Waals surface area contributed by atoms with E-state index in [1.54, 1.807) is 18.2 Å². The van der Waals surface area contributed by atoms with Crippen LogP contribution >= 0.6 is 11.8 Å². The van der Waals surface area contributed by atoms with Gasteiger partial charge in [-0.2, -0.15) is 0 Å². The van der Waals surface area contributed by atoms with Crippen molar-refractivity contribution in [1.82, 2.24) is 10.2 Å². The minimum atomic E-state index is -1.33. The zero-order chi connectivity index (χ0) is 20.1. The number of hydrogen-bond donors (Lipinski definition) is 0. The number of hydrogen-bond acceptors (Lipinski definition) is 8. The molecule has 3 aromatic rings. The molecule has 0 aliphatic carbocycles. The van der Waals surface area contributed by atoms with E-state index in [1.807, 2.05) is 31.2 Å². The van der Waals surface area contributed by atoms with E-state index in [0.717, 1.165) is 22.9 Å². The molecule has 0 amide bonds. The topological polar surface area (TPSA) is 97.5 Å². The minimum Gasteiger partial charge on any atom is -0.544 e. The van der Waals surface area contributed by atoms with Crippen LogP contribution in [-0.4, -0.2) is 30.4 Å². The third-order valence-corrected chi connectivity index (χ3v) is 4.62. The Balaban J connectivity index is 1.86. The summed E-state index contributed by atoms with van der Waals surface area (Å²) in [7, 11) is 3.07. The van der Waals surface area contributed by atoms with Crippen LogP contribution in [0.1, 0.15) is 11.1 Å². The molecular formula is C20H17N2O5S-. The number of benzene rings is 2. The molecule has 1 aromatic heterocycles. The number of carboxylic acids is 1. The van der Waals surface area contributed by atoms with Crippen LogP contribution in [0.15, 0.2) is 57.0 Å². The lowest BCUT2D eigenvalue weighted by Gasteiger charge is -2.06. The Labute approximate surface area is 166 Å². The van der Waals surface area contributed by atoms with Gasteiger partial charge in [0.05, 0.1) is 20.2 Å². The molecule has 7 nitrogen and oxygen atoms in total. The van der Waals surface area contributed by atoms with Gasteiger partial charge in [-0.25, -0.2) is 0 Å². The van der Waals surface area contributed by atoms with E-state index in [4.69, 9.17) is 13.9 Å². The predicted molar refractivity (Wildman–Crippen MR) is 103 cm³/mol. The maximum atomic E-state index is 11.5. The highest BCUT2D eigenvalue weighted by Crippen LogP contribution is 2.32. The molecule has 3 rings (SSSR count). The van der Waals surface area contributed by atoms with Crippen LogP contribution < -0.4 is 14.6 Å².